The van der Waals surface area contributed by atoms with Crippen LogP contribution < -0.4 is 10.6 Å². The van der Waals surface area contributed by atoms with E-state index in [1.165, 1.54) is 32.1 Å². The molecule has 1 saturated carbocycles. The zero-order valence-electron chi connectivity index (χ0n) is 11.4. The lowest BCUT2D eigenvalue weighted by Crippen LogP contribution is -2.21. The summed E-state index contributed by atoms with van der Waals surface area (Å²) in [5.74, 6) is 1.41. The van der Waals surface area contributed by atoms with Crippen LogP contribution in [0.4, 0.5) is 6.01 Å². The van der Waals surface area contributed by atoms with E-state index in [-0.39, 0.29) is 0 Å². The predicted octanol–water partition coefficient (Wildman–Crippen LogP) is 2.56. The van der Waals surface area contributed by atoms with Gasteiger partial charge < -0.3 is 15.1 Å². The highest BCUT2D eigenvalue weighted by Crippen LogP contribution is 2.23. The van der Waals surface area contributed by atoms with Crippen molar-refractivity contribution in [1.29, 1.82) is 0 Å². The van der Waals surface area contributed by atoms with Crippen molar-refractivity contribution in [2.75, 3.05) is 11.9 Å². The van der Waals surface area contributed by atoms with Crippen LogP contribution in [0.5, 0.6) is 0 Å². The van der Waals surface area contributed by atoms with Gasteiger partial charge in [0.05, 0.1) is 6.54 Å². The molecule has 0 amide bonds. The first kappa shape index (κ1) is 13.3. The van der Waals surface area contributed by atoms with Crippen molar-refractivity contribution in [1.82, 2.24) is 15.5 Å². The maximum absolute atomic E-state index is 5.53. The molecule has 1 aliphatic rings. The van der Waals surface area contributed by atoms with E-state index >= 15 is 0 Å². The Hall–Kier alpha value is -1.10. The molecule has 2 rings (SSSR count). The molecule has 0 atom stereocenters. The molecule has 1 aliphatic carbocycles. The summed E-state index contributed by atoms with van der Waals surface area (Å²) >= 11 is 0. The molecule has 0 saturated heterocycles. The molecular weight excluding hydrogens is 228 g/mol. The van der Waals surface area contributed by atoms with Gasteiger partial charge in [0.1, 0.15) is 0 Å². The largest absolute Gasteiger partial charge is 0.407 e. The molecule has 5 heteroatoms. The minimum Gasteiger partial charge on any atom is -0.407 e. The Kier molecular flexibility index (Phi) is 4.99. The molecule has 0 bridgehead atoms. The Morgan fingerprint density at radius 1 is 1.22 bits per heavy atom. The van der Waals surface area contributed by atoms with Gasteiger partial charge in [0, 0.05) is 12.6 Å². The highest BCUT2D eigenvalue weighted by Gasteiger charge is 2.14. The number of aromatic nitrogens is 2. The van der Waals surface area contributed by atoms with Gasteiger partial charge in [-0.25, -0.2) is 0 Å². The molecule has 0 spiro atoms. The molecule has 0 aliphatic heterocycles. The molecule has 102 valence electrons. The van der Waals surface area contributed by atoms with E-state index in [1.54, 1.807) is 0 Å². The van der Waals surface area contributed by atoms with Crippen molar-refractivity contribution >= 4 is 6.01 Å². The molecule has 2 N–H and O–H groups in total. The third kappa shape index (κ3) is 4.29. The molecule has 0 unspecified atom stereocenters. The number of anilines is 1. The first-order chi connectivity index (χ1) is 8.74. The minimum absolute atomic E-state index is 0.426. The van der Waals surface area contributed by atoms with E-state index in [2.05, 4.69) is 34.7 Å². The fourth-order valence-corrected chi connectivity index (χ4v) is 2.31. The Morgan fingerprint density at radius 3 is 2.72 bits per heavy atom. The molecule has 0 radical (unpaired) electrons. The molecule has 1 aromatic heterocycles. The van der Waals surface area contributed by atoms with E-state index in [0.29, 0.717) is 24.5 Å². The van der Waals surface area contributed by atoms with Crippen molar-refractivity contribution in [3.05, 3.63) is 5.89 Å². The maximum Gasteiger partial charge on any atom is 0.315 e. The van der Waals surface area contributed by atoms with Crippen LogP contribution in [0.15, 0.2) is 4.42 Å². The van der Waals surface area contributed by atoms with Crippen molar-refractivity contribution < 1.29 is 4.42 Å². The highest BCUT2D eigenvalue weighted by molar-refractivity contribution is 5.16. The predicted molar refractivity (Wildman–Crippen MR) is 71.3 cm³/mol. The zero-order valence-corrected chi connectivity index (χ0v) is 11.4. The third-order valence-electron chi connectivity index (χ3n) is 3.40. The van der Waals surface area contributed by atoms with Crippen LogP contribution in [-0.2, 0) is 6.54 Å². The van der Waals surface area contributed by atoms with Crippen LogP contribution in [0.2, 0.25) is 0 Å². The van der Waals surface area contributed by atoms with Gasteiger partial charge in [-0.1, -0.05) is 38.2 Å². The number of hydrogen-bond donors (Lipinski definition) is 2. The van der Waals surface area contributed by atoms with Gasteiger partial charge in [0.25, 0.3) is 0 Å². The Bertz CT molecular complexity index is 345. The zero-order chi connectivity index (χ0) is 12.8. The molecule has 5 nitrogen and oxygen atoms in total. The normalized spacial score (nSPS) is 17.3. The summed E-state index contributed by atoms with van der Waals surface area (Å²) in [7, 11) is 0. The molecule has 1 aromatic rings. The van der Waals surface area contributed by atoms with E-state index in [4.69, 9.17) is 4.42 Å². The second-order valence-electron chi connectivity index (χ2n) is 5.42. The summed E-state index contributed by atoms with van der Waals surface area (Å²) in [5.41, 5.74) is 0. The molecule has 1 fully saturated rings. The summed E-state index contributed by atoms with van der Waals surface area (Å²) in [4.78, 5) is 0. The van der Waals surface area contributed by atoms with Crippen LogP contribution in [0.1, 0.15) is 51.8 Å². The van der Waals surface area contributed by atoms with Gasteiger partial charge in [-0.05, 0) is 18.8 Å². The summed E-state index contributed by atoms with van der Waals surface area (Å²) in [6, 6.07) is 0.983. The Labute approximate surface area is 109 Å². The molecule has 18 heavy (non-hydrogen) atoms. The molecule has 1 heterocycles. The first-order valence-electron chi connectivity index (χ1n) is 7.03. The quantitative estimate of drug-likeness (QED) is 0.814. The topological polar surface area (TPSA) is 63.0 Å². The van der Waals surface area contributed by atoms with Gasteiger partial charge in [0.2, 0.25) is 5.89 Å². The van der Waals surface area contributed by atoms with Crippen LogP contribution in [0, 0.1) is 5.92 Å². The summed E-state index contributed by atoms with van der Waals surface area (Å²) < 4.78 is 5.53. The van der Waals surface area contributed by atoms with E-state index in [1.807, 2.05) is 0 Å². The van der Waals surface area contributed by atoms with E-state index in [9.17, 15) is 0 Å². The first-order valence-corrected chi connectivity index (χ1v) is 7.03. The smallest absolute Gasteiger partial charge is 0.315 e. The average molecular weight is 252 g/mol. The number of rotatable bonds is 6. The van der Waals surface area contributed by atoms with Crippen molar-refractivity contribution in [2.45, 2.75) is 58.5 Å². The monoisotopic (exact) mass is 252 g/mol. The lowest BCUT2D eigenvalue weighted by Gasteiger charge is -2.20. The summed E-state index contributed by atoms with van der Waals surface area (Å²) in [6.45, 7) is 5.78. The standard InChI is InChI=1S/C13H24N4O/c1-10(2)14-9-12-16-17-13(18-12)15-8-11-6-4-3-5-7-11/h10-11,14H,3-9H2,1-2H3,(H,15,17). The number of nitrogens with zero attached hydrogens (tertiary/aromatic N) is 2. The highest BCUT2D eigenvalue weighted by atomic mass is 16.4. The Morgan fingerprint density at radius 2 is 2.00 bits per heavy atom. The average Bonchev–Trinajstić information content (AvgIpc) is 2.83. The van der Waals surface area contributed by atoms with E-state index in [0.717, 1.165) is 12.5 Å². The number of hydrogen-bond acceptors (Lipinski definition) is 5. The summed E-state index contributed by atoms with van der Waals surface area (Å²) in [5, 5.41) is 14.5. The van der Waals surface area contributed by atoms with Gasteiger partial charge >= 0.3 is 6.01 Å². The van der Waals surface area contributed by atoms with Gasteiger partial charge in [-0.15, -0.1) is 5.10 Å². The number of nitrogens with one attached hydrogen (secondary N) is 2. The maximum atomic E-state index is 5.53. The van der Waals surface area contributed by atoms with Crippen LogP contribution in [-0.4, -0.2) is 22.8 Å². The molecular formula is C13H24N4O. The van der Waals surface area contributed by atoms with Gasteiger partial charge in [-0.2, -0.15) is 0 Å². The lowest BCUT2D eigenvalue weighted by molar-refractivity contribution is 0.369. The fourth-order valence-electron chi connectivity index (χ4n) is 2.31. The molecule has 0 aromatic carbocycles. The van der Waals surface area contributed by atoms with Crippen molar-refractivity contribution in [3.8, 4) is 0 Å². The van der Waals surface area contributed by atoms with Crippen LogP contribution in [0.25, 0.3) is 0 Å². The van der Waals surface area contributed by atoms with Crippen LogP contribution in [0.3, 0.4) is 0 Å². The van der Waals surface area contributed by atoms with Crippen molar-refractivity contribution in [2.24, 2.45) is 5.92 Å². The third-order valence-corrected chi connectivity index (χ3v) is 3.40. The second-order valence-corrected chi connectivity index (χ2v) is 5.42. The minimum atomic E-state index is 0.426. The summed E-state index contributed by atoms with van der Waals surface area (Å²) in [6.07, 6.45) is 6.76. The van der Waals surface area contributed by atoms with Gasteiger partial charge in [0.15, 0.2) is 0 Å². The second kappa shape index (κ2) is 6.73. The van der Waals surface area contributed by atoms with Crippen LogP contribution >= 0.6 is 0 Å². The fraction of sp³-hybridized carbons (Fsp3) is 0.846. The SMILES string of the molecule is CC(C)NCc1nnc(NCC2CCCCC2)o1. The van der Waals surface area contributed by atoms with Gasteiger partial charge in [-0.3, -0.25) is 0 Å². The van der Waals surface area contributed by atoms with E-state index < -0.39 is 0 Å². The van der Waals surface area contributed by atoms with Crippen molar-refractivity contribution in [3.63, 3.8) is 0 Å². The lowest BCUT2D eigenvalue weighted by atomic mass is 9.89. The Balaban J connectivity index is 1.72.